The number of rotatable bonds is 3. The Kier molecular flexibility index (Phi) is 3.93. The third-order valence-corrected chi connectivity index (χ3v) is 3.97. The Morgan fingerprint density at radius 3 is 2.77 bits per heavy atom. The molecule has 114 valence electrons. The molecule has 4 nitrogen and oxygen atoms in total. The van der Waals surface area contributed by atoms with Gasteiger partial charge in [-0.3, -0.25) is 4.98 Å². The fourth-order valence-electron chi connectivity index (χ4n) is 2.35. The fraction of sp³-hybridized carbons (Fsp3) is 0.200. The number of hydrogen-bond acceptors (Lipinski definition) is 3. The van der Waals surface area contributed by atoms with E-state index in [9.17, 15) is 4.39 Å². The molecule has 7 heteroatoms. The molecule has 0 unspecified atom stereocenters. The number of benzene rings is 1. The first-order chi connectivity index (χ1) is 10.5. The molecule has 22 heavy (non-hydrogen) atoms. The first kappa shape index (κ1) is 15.1. The quantitative estimate of drug-likeness (QED) is 0.722. The molecule has 0 aliphatic heterocycles. The van der Waals surface area contributed by atoms with Gasteiger partial charge in [0.15, 0.2) is 0 Å². The van der Waals surface area contributed by atoms with Gasteiger partial charge in [0.25, 0.3) is 0 Å². The van der Waals surface area contributed by atoms with Crippen LogP contribution in [0.1, 0.15) is 5.69 Å². The summed E-state index contributed by atoms with van der Waals surface area (Å²) in [5, 5.41) is 0.999. The highest BCUT2D eigenvalue weighted by molar-refractivity contribution is 6.34. The number of imidazole rings is 1. The van der Waals surface area contributed by atoms with Crippen LogP contribution >= 0.6 is 23.2 Å². The van der Waals surface area contributed by atoms with E-state index < -0.39 is 0 Å². The van der Waals surface area contributed by atoms with Crippen molar-refractivity contribution in [2.24, 2.45) is 7.05 Å². The zero-order valence-corrected chi connectivity index (χ0v) is 13.5. The normalized spacial score (nSPS) is 11.1. The van der Waals surface area contributed by atoms with Crippen molar-refractivity contribution in [2.45, 2.75) is 6.54 Å². The molecule has 0 aliphatic rings. The minimum Gasteiger partial charge on any atom is -0.339 e. The SMILES string of the molecule is CN(Cc1ncc(Cl)cc1Cl)c1nc2ccc(F)cc2n1C. The standard InChI is InChI=1S/C15H13Cl2FN4/c1-21(8-13-11(17)5-9(16)7-19-13)15-20-12-4-3-10(18)6-14(12)22(15)2/h3-7H,8H2,1-2H3. The Labute approximate surface area is 137 Å². The largest absolute Gasteiger partial charge is 0.339 e. The number of aryl methyl sites for hydroxylation is 1. The molecule has 0 aliphatic carbocycles. The summed E-state index contributed by atoms with van der Waals surface area (Å²) in [4.78, 5) is 10.7. The van der Waals surface area contributed by atoms with Crippen LogP contribution in [0.25, 0.3) is 11.0 Å². The van der Waals surface area contributed by atoms with Gasteiger partial charge in [0, 0.05) is 20.3 Å². The Bertz CT molecular complexity index is 847. The third-order valence-electron chi connectivity index (χ3n) is 3.43. The smallest absolute Gasteiger partial charge is 0.206 e. The van der Waals surface area contributed by atoms with Gasteiger partial charge in [-0.2, -0.15) is 0 Å². The second kappa shape index (κ2) is 5.74. The van der Waals surface area contributed by atoms with Crippen molar-refractivity contribution in [1.29, 1.82) is 0 Å². The summed E-state index contributed by atoms with van der Waals surface area (Å²) in [6, 6.07) is 6.18. The molecular weight excluding hydrogens is 326 g/mol. The maximum Gasteiger partial charge on any atom is 0.206 e. The molecule has 0 radical (unpaired) electrons. The van der Waals surface area contributed by atoms with Crippen LogP contribution in [0, 0.1) is 5.82 Å². The molecule has 3 aromatic rings. The fourth-order valence-corrected chi connectivity index (χ4v) is 2.79. The molecular formula is C15H13Cl2FN4. The summed E-state index contributed by atoms with van der Waals surface area (Å²) in [6.45, 7) is 0.468. The number of fused-ring (bicyclic) bond motifs is 1. The molecule has 2 aromatic heterocycles. The van der Waals surface area contributed by atoms with Gasteiger partial charge in [0.05, 0.1) is 33.3 Å². The van der Waals surface area contributed by atoms with Crippen molar-refractivity contribution < 1.29 is 4.39 Å². The molecule has 0 fully saturated rings. The van der Waals surface area contributed by atoms with E-state index in [4.69, 9.17) is 23.2 Å². The number of pyridine rings is 1. The van der Waals surface area contributed by atoms with Crippen molar-refractivity contribution >= 4 is 40.2 Å². The van der Waals surface area contributed by atoms with Gasteiger partial charge in [-0.05, 0) is 24.3 Å². The average Bonchev–Trinajstić information content (AvgIpc) is 2.79. The van der Waals surface area contributed by atoms with E-state index in [0.717, 1.165) is 11.0 Å². The predicted octanol–water partition coefficient (Wildman–Crippen LogP) is 4.05. The maximum atomic E-state index is 13.4. The molecule has 2 heterocycles. The predicted molar refractivity (Wildman–Crippen MR) is 87.0 cm³/mol. The zero-order valence-electron chi connectivity index (χ0n) is 12.0. The maximum absolute atomic E-state index is 13.4. The zero-order chi connectivity index (χ0) is 15.9. The first-order valence-electron chi connectivity index (χ1n) is 6.59. The molecule has 0 saturated carbocycles. The lowest BCUT2D eigenvalue weighted by Crippen LogP contribution is -2.21. The van der Waals surface area contributed by atoms with E-state index in [1.54, 1.807) is 18.3 Å². The monoisotopic (exact) mass is 338 g/mol. The Balaban J connectivity index is 1.95. The van der Waals surface area contributed by atoms with E-state index in [1.165, 1.54) is 12.1 Å². The number of anilines is 1. The lowest BCUT2D eigenvalue weighted by molar-refractivity contribution is 0.629. The number of nitrogens with zero attached hydrogens (tertiary/aromatic N) is 4. The molecule has 0 amide bonds. The van der Waals surface area contributed by atoms with Crippen molar-refractivity contribution in [3.63, 3.8) is 0 Å². The van der Waals surface area contributed by atoms with Crippen molar-refractivity contribution in [2.75, 3.05) is 11.9 Å². The van der Waals surface area contributed by atoms with Gasteiger partial charge in [-0.15, -0.1) is 0 Å². The highest BCUT2D eigenvalue weighted by Crippen LogP contribution is 2.24. The topological polar surface area (TPSA) is 34.0 Å². The van der Waals surface area contributed by atoms with Gasteiger partial charge in [-0.1, -0.05) is 23.2 Å². The first-order valence-corrected chi connectivity index (χ1v) is 7.34. The van der Waals surface area contributed by atoms with E-state index in [0.29, 0.717) is 28.2 Å². The minimum atomic E-state index is -0.285. The Morgan fingerprint density at radius 2 is 2.05 bits per heavy atom. The van der Waals surface area contributed by atoms with Crippen molar-refractivity contribution in [3.8, 4) is 0 Å². The van der Waals surface area contributed by atoms with Crippen LogP contribution in [0.5, 0.6) is 0 Å². The highest BCUT2D eigenvalue weighted by Gasteiger charge is 2.14. The highest BCUT2D eigenvalue weighted by atomic mass is 35.5. The lowest BCUT2D eigenvalue weighted by Gasteiger charge is -2.18. The van der Waals surface area contributed by atoms with E-state index >= 15 is 0 Å². The Morgan fingerprint density at radius 1 is 1.27 bits per heavy atom. The van der Waals surface area contributed by atoms with Gasteiger partial charge in [-0.25, -0.2) is 9.37 Å². The molecule has 0 atom stereocenters. The van der Waals surface area contributed by atoms with Crippen LogP contribution in [0.3, 0.4) is 0 Å². The summed E-state index contributed by atoms with van der Waals surface area (Å²) in [6.07, 6.45) is 1.56. The average molecular weight is 339 g/mol. The lowest BCUT2D eigenvalue weighted by atomic mass is 10.3. The number of aromatic nitrogens is 3. The number of halogens is 3. The van der Waals surface area contributed by atoms with Crippen LogP contribution < -0.4 is 4.90 Å². The van der Waals surface area contributed by atoms with Gasteiger partial charge >= 0.3 is 0 Å². The molecule has 0 bridgehead atoms. The summed E-state index contributed by atoms with van der Waals surface area (Å²) < 4.78 is 15.2. The second-order valence-corrected chi connectivity index (χ2v) is 5.89. The number of hydrogen-bond donors (Lipinski definition) is 0. The van der Waals surface area contributed by atoms with Crippen LogP contribution in [0.4, 0.5) is 10.3 Å². The van der Waals surface area contributed by atoms with Crippen LogP contribution in [0.15, 0.2) is 30.5 Å². The summed E-state index contributed by atoms with van der Waals surface area (Å²) in [5.74, 6) is 0.417. The third kappa shape index (κ3) is 2.74. The van der Waals surface area contributed by atoms with Gasteiger partial charge in [0.2, 0.25) is 5.95 Å². The van der Waals surface area contributed by atoms with Gasteiger partial charge in [0.1, 0.15) is 5.82 Å². The van der Waals surface area contributed by atoms with Crippen LogP contribution in [0.2, 0.25) is 10.0 Å². The molecule has 1 aromatic carbocycles. The van der Waals surface area contributed by atoms with Crippen molar-refractivity contribution in [1.82, 2.24) is 14.5 Å². The van der Waals surface area contributed by atoms with Crippen molar-refractivity contribution in [3.05, 3.63) is 52.0 Å². The Hall–Kier alpha value is -1.85. The minimum absolute atomic E-state index is 0.285. The van der Waals surface area contributed by atoms with Crippen LogP contribution in [-0.2, 0) is 13.6 Å². The molecule has 0 saturated heterocycles. The summed E-state index contributed by atoms with van der Waals surface area (Å²) in [7, 11) is 3.72. The molecule has 0 spiro atoms. The van der Waals surface area contributed by atoms with Gasteiger partial charge < -0.3 is 9.47 Å². The summed E-state index contributed by atoms with van der Waals surface area (Å²) in [5.41, 5.74) is 2.17. The molecule has 3 rings (SSSR count). The molecule has 0 N–H and O–H groups in total. The summed E-state index contributed by atoms with van der Waals surface area (Å²) >= 11 is 12.0. The van der Waals surface area contributed by atoms with E-state index in [-0.39, 0.29) is 5.82 Å². The second-order valence-electron chi connectivity index (χ2n) is 5.04. The van der Waals surface area contributed by atoms with E-state index in [1.807, 2.05) is 23.6 Å². The van der Waals surface area contributed by atoms with E-state index in [2.05, 4.69) is 9.97 Å². The van der Waals surface area contributed by atoms with Crippen LogP contribution in [-0.4, -0.2) is 21.6 Å².